The highest BCUT2D eigenvalue weighted by molar-refractivity contribution is 6.25. The molecule has 2 fully saturated rings. The lowest BCUT2D eigenvalue weighted by Gasteiger charge is -2.33. The van der Waals surface area contributed by atoms with E-state index in [2.05, 4.69) is 5.10 Å². The zero-order valence-corrected chi connectivity index (χ0v) is 18.4. The van der Waals surface area contributed by atoms with Crippen LogP contribution in [0.1, 0.15) is 27.5 Å². The summed E-state index contributed by atoms with van der Waals surface area (Å²) in [6.45, 7) is 0. The lowest BCUT2D eigenvalue weighted by Crippen LogP contribution is -2.44. The smallest absolute Gasteiger partial charge is 0.240 e. The summed E-state index contributed by atoms with van der Waals surface area (Å²) in [6, 6.07) is 22.1. The number of nitrogens with zero attached hydrogens (tertiary/aromatic N) is 3. The molecule has 0 aromatic heterocycles. The summed E-state index contributed by atoms with van der Waals surface area (Å²) in [6.07, 6.45) is 1.70. The van der Waals surface area contributed by atoms with Crippen LogP contribution in [0.2, 0.25) is 0 Å². The Labute approximate surface area is 196 Å². The molecule has 3 aromatic carbocycles. The van der Waals surface area contributed by atoms with Crippen LogP contribution >= 0.6 is 0 Å². The first-order valence-electron chi connectivity index (χ1n) is 11.1. The summed E-state index contributed by atoms with van der Waals surface area (Å²) in [5.41, 5.74) is 2.64. The second-order valence-electron chi connectivity index (χ2n) is 8.61. The van der Waals surface area contributed by atoms with Crippen LogP contribution in [0.3, 0.4) is 0 Å². The van der Waals surface area contributed by atoms with Gasteiger partial charge in [-0.15, -0.1) is 0 Å². The lowest BCUT2D eigenvalue weighted by atomic mass is 9.83. The quantitative estimate of drug-likeness (QED) is 0.448. The van der Waals surface area contributed by atoms with Gasteiger partial charge in [-0.2, -0.15) is 5.10 Å². The van der Waals surface area contributed by atoms with Gasteiger partial charge in [0.15, 0.2) is 5.78 Å². The maximum Gasteiger partial charge on any atom is 0.240 e. The molecule has 7 nitrogen and oxygen atoms in total. The molecule has 0 bridgehead atoms. The van der Waals surface area contributed by atoms with Gasteiger partial charge in [0, 0.05) is 5.56 Å². The molecule has 34 heavy (non-hydrogen) atoms. The summed E-state index contributed by atoms with van der Waals surface area (Å²) < 4.78 is 5.44. The Morgan fingerprint density at radius 3 is 2.32 bits per heavy atom. The molecular formula is C27H21N3O4. The van der Waals surface area contributed by atoms with Crippen molar-refractivity contribution in [3.05, 3.63) is 95.6 Å². The average molecular weight is 451 g/mol. The number of hydrazone groups is 1. The minimum atomic E-state index is -0.891. The molecule has 0 unspecified atom stereocenters. The number of hydrogen-bond donors (Lipinski definition) is 0. The summed E-state index contributed by atoms with van der Waals surface area (Å²) in [5.74, 6) is -2.15. The molecule has 4 atom stereocenters. The van der Waals surface area contributed by atoms with Crippen molar-refractivity contribution < 1.29 is 19.1 Å². The number of Topliss-reactive ketones (excluding diaryl/α,β-unsaturated/α-hetero) is 1. The number of methoxy groups -OCH3 is 1. The van der Waals surface area contributed by atoms with Crippen LogP contribution in [0.15, 0.2) is 84.0 Å². The third kappa shape index (κ3) is 2.76. The number of carbonyl (C=O) groups is 3. The number of amides is 2. The first-order chi connectivity index (χ1) is 16.6. The van der Waals surface area contributed by atoms with Crippen molar-refractivity contribution in [1.82, 2.24) is 5.01 Å². The minimum absolute atomic E-state index is 0.224. The maximum atomic E-state index is 13.9. The zero-order chi connectivity index (χ0) is 23.4. The first kappa shape index (κ1) is 20.4. The maximum absolute atomic E-state index is 13.9. The topological polar surface area (TPSA) is 79.3 Å². The van der Waals surface area contributed by atoms with Gasteiger partial charge in [-0.25, -0.2) is 4.90 Å². The second kappa shape index (κ2) is 7.66. The number of imide groups is 1. The van der Waals surface area contributed by atoms with Gasteiger partial charge in [-0.3, -0.25) is 19.4 Å². The van der Waals surface area contributed by atoms with Gasteiger partial charge in [0.05, 0.1) is 36.9 Å². The molecule has 168 valence electrons. The van der Waals surface area contributed by atoms with Gasteiger partial charge in [-0.05, 0) is 23.3 Å². The van der Waals surface area contributed by atoms with Gasteiger partial charge in [0.25, 0.3) is 0 Å². The molecule has 6 rings (SSSR count). The lowest BCUT2D eigenvalue weighted by molar-refractivity contribution is -0.124. The molecule has 0 spiro atoms. The van der Waals surface area contributed by atoms with Crippen LogP contribution in [0, 0.1) is 11.8 Å². The van der Waals surface area contributed by atoms with Gasteiger partial charge < -0.3 is 4.74 Å². The molecule has 0 saturated carbocycles. The van der Waals surface area contributed by atoms with E-state index in [1.54, 1.807) is 59.8 Å². The Morgan fingerprint density at radius 2 is 1.53 bits per heavy atom. The molecule has 3 aromatic rings. The van der Waals surface area contributed by atoms with E-state index < -0.39 is 29.8 Å². The fourth-order valence-electron chi connectivity index (χ4n) is 5.49. The Morgan fingerprint density at radius 1 is 0.853 bits per heavy atom. The van der Waals surface area contributed by atoms with Gasteiger partial charge in [0.1, 0.15) is 11.8 Å². The number of benzene rings is 3. The standard InChI is InChI=1S/C27H21N3O4/c1-34-20-14-8-7-13-19(20)29-26(32)21-22(27(29)33)24(25(31)16-9-3-2-4-10-16)30-23(21)18-12-6-5-11-17(18)15-28-30/h2-15,21-24H,1H3/t21-,22+,23-,24-/m0/s1. The summed E-state index contributed by atoms with van der Waals surface area (Å²) in [7, 11) is 1.50. The zero-order valence-electron chi connectivity index (χ0n) is 18.4. The number of carbonyl (C=O) groups excluding carboxylic acids is 3. The number of ketones is 1. The van der Waals surface area contributed by atoms with Crippen LogP contribution in [-0.2, 0) is 9.59 Å². The van der Waals surface area contributed by atoms with E-state index in [1.165, 1.54) is 12.0 Å². The number of fused-ring (bicyclic) bond motifs is 5. The highest BCUT2D eigenvalue weighted by Gasteiger charge is 2.65. The second-order valence-corrected chi connectivity index (χ2v) is 8.61. The predicted molar refractivity (Wildman–Crippen MR) is 126 cm³/mol. The SMILES string of the molecule is COc1ccccc1N1C(=O)[C@@H]2[C@H](C1=O)[C@@H]1c3ccccc3C=NN1[C@@H]2C(=O)c1ccccc1. The third-order valence-corrected chi connectivity index (χ3v) is 6.95. The summed E-state index contributed by atoms with van der Waals surface area (Å²) in [5, 5.41) is 6.25. The molecule has 3 aliphatic rings. The van der Waals surface area contributed by atoms with Crippen LogP contribution in [0.5, 0.6) is 5.75 Å². The van der Waals surface area contributed by atoms with Crippen LogP contribution < -0.4 is 9.64 Å². The highest BCUT2D eigenvalue weighted by Crippen LogP contribution is 2.53. The molecule has 7 heteroatoms. The van der Waals surface area contributed by atoms with E-state index >= 15 is 0 Å². The van der Waals surface area contributed by atoms with E-state index in [1.807, 2.05) is 30.3 Å². The van der Waals surface area contributed by atoms with Crippen molar-refractivity contribution in [2.24, 2.45) is 16.9 Å². The van der Waals surface area contributed by atoms with Crippen LogP contribution in [-0.4, -0.2) is 42.0 Å². The monoisotopic (exact) mass is 451 g/mol. The number of ether oxygens (including phenoxy) is 1. The Kier molecular flexibility index (Phi) is 4.58. The molecule has 3 aliphatic heterocycles. The van der Waals surface area contributed by atoms with E-state index in [4.69, 9.17) is 4.74 Å². The molecule has 2 saturated heterocycles. The Balaban J connectivity index is 1.52. The van der Waals surface area contributed by atoms with E-state index in [0.29, 0.717) is 17.0 Å². The number of anilines is 1. The van der Waals surface area contributed by atoms with E-state index in [-0.39, 0.29) is 11.7 Å². The van der Waals surface area contributed by atoms with Crippen molar-refractivity contribution in [3.8, 4) is 5.75 Å². The van der Waals surface area contributed by atoms with Crippen LogP contribution in [0.25, 0.3) is 0 Å². The summed E-state index contributed by atoms with van der Waals surface area (Å²) >= 11 is 0. The van der Waals surface area contributed by atoms with Crippen molar-refractivity contribution in [1.29, 1.82) is 0 Å². The van der Waals surface area contributed by atoms with Crippen molar-refractivity contribution >= 4 is 29.5 Å². The average Bonchev–Trinajstić information content (AvgIpc) is 3.36. The third-order valence-electron chi connectivity index (χ3n) is 6.95. The van der Waals surface area contributed by atoms with E-state index in [9.17, 15) is 14.4 Å². The summed E-state index contributed by atoms with van der Waals surface area (Å²) in [4.78, 5) is 42.7. The molecule has 0 N–H and O–H groups in total. The molecule has 0 radical (unpaired) electrons. The largest absolute Gasteiger partial charge is 0.495 e. The normalized spacial score (nSPS) is 24.6. The van der Waals surface area contributed by atoms with Gasteiger partial charge >= 0.3 is 0 Å². The van der Waals surface area contributed by atoms with Crippen molar-refractivity contribution in [2.45, 2.75) is 12.1 Å². The number of hydrogen-bond acceptors (Lipinski definition) is 6. The minimum Gasteiger partial charge on any atom is -0.495 e. The molecule has 0 aliphatic carbocycles. The predicted octanol–water partition coefficient (Wildman–Crippen LogP) is 3.46. The fourth-order valence-corrected chi connectivity index (χ4v) is 5.49. The molecule has 2 amide bonds. The molecule has 3 heterocycles. The first-order valence-corrected chi connectivity index (χ1v) is 11.1. The van der Waals surface area contributed by atoms with Crippen molar-refractivity contribution in [3.63, 3.8) is 0 Å². The Hall–Kier alpha value is -4.26. The number of rotatable bonds is 4. The number of para-hydroxylation sites is 2. The van der Waals surface area contributed by atoms with Crippen LogP contribution in [0.4, 0.5) is 5.69 Å². The van der Waals surface area contributed by atoms with E-state index in [0.717, 1.165) is 11.1 Å². The fraction of sp³-hybridized carbons (Fsp3) is 0.185. The molecular weight excluding hydrogens is 430 g/mol. The van der Waals surface area contributed by atoms with Gasteiger partial charge in [-0.1, -0.05) is 66.7 Å². The highest BCUT2D eigenvalue weighted by atomic mass is 16.5. The Bertz CT molecular complexity index is 1350. The van der Waals surface area contributed by atoms with Crippen molar-refractivity contribution in [2.75, 3.05) is 12.0 Å². The van der Waals surface area contributed by atoms with Gasteiger partial charge in [0.2, 0.25) is 11.8 Å².